The predicted octanol–water partition coefficient (Wildman–Crippen LogP) is 1.92. The van der Waals surface area contributed by atoms with Crippen LogP contribution in [0.3, 0.4) is 0 Å². The normalized spacial score (nSPS) is 18.7. The van der Waals surface area contributed by atoms with Crippen molar-refractivity contribution in [3.05, 3.63) is 24.2 Å². The van der Waals surface area contributed by atoms with Crippen molar-refractivity contribution < 1.29 is 14.0 Å². The second kappa shape index (κ2) is 6.85. The zero-order valence-corrected chi connectivity index (χ0v) is 12.9. The molecule has 1 saturated heterocycles. The number of ether oxygens (including phenoxy) is 2. The minimum atomic E-state index is 0.228. The van der Waals surface area contributed by atoms with Crippen molar-refractivity contribution in [1.29, 1.82) is 0 Å². The SMILES string of the molecule is COCCOc1ccc(-c2noc(C3CCCN3C)n2)cn1. The van der Waals surface area contributed by atoms with E-state index in [0.29, 0.717) is 30.8 Å². The summed E-state index contributed by atoms with van der Waals surface area (Å²) in [5.74, 6) is 1.79. The monoisotopic (exact) mass is 304 g/mol. The van der Waals surface area contributed by atoms with Crippen molar-refractivity contribution in [3.63, 3.8) is 0 Å². The van der Waals surface area contributed by atoms with Crippen LogP contribution in [-0.4, -0.2) is 53.9 Å². The number of hydrogen-bond donors (Lipinski definition) is 0. The lowest BCUT2D eigenvalue weighted by Gasteiger charge is -2.14. The Balaban J connectivity index is 1.68. The van der Waals surface area contributed by atoms with E-state index in [2.05, 4.69) is 27.1 Å². The fourth-order valence-electron chi connectivity index (χ4n) is 2.54. The third kappa shape index (κ3) is 3.26. The molecule has 1 fully saturated rings. The maximum Gasteiger partial charge on any atom is 0.244 e. The van der Waals surface area contributed by atoms with Gasteiger partial charge < -0.3 is 14.0 Å². The summed E-state index contributed by atoms with van der Waals surface area (Å²) in [5.41, 5.74) is 0.815. The standard InChI is InChI=1S/C15H20N4O3/c1-19-7-3-4-12(19)15-17-14(18-22-15)11-5-6-13(16-10-11)21-9-8-20-2/h5-6,10,12H,3-4,7-9H2,1-2H3. The van der Waals surface area contributed by atoms with E-state index in [1.165, 1.54) is 0 Å². The lowest BCUT2D eigenvalue weighted by Crippen LogP contribution is -2.17. The van der Waals surface area contributed by atoms with Crippen LogP contribution in [0.15, 0.2) is 22.9 Å². The number of pyridine rings is 1. The van der Waals surface area contributed by atoms with E-state index >= 15 is 0 Å². The summed E-state index contributed by atoms with van der Waals surface area (Å²) >= 11 is 0. The molecule has 0 aliphatic carbocycles. The lowest BCUT2D eigenvalue weighted by atomic mass is 10.2. The molecule has 1 aliphatic rings. The van der Waals surface area contributed by atoms with E-state index in [0.717, 1.165) is 24.9 Å². The molecule has 22 heavy (non-hydrogen) atoms. The molecule has 118 valence electrons. The summed E-state index contributed by atoms with van der Waals surface area (Å²) in [4.78, 5) is 11.0. The number of likely N-dealkylation sites (tertiary alicyclic amines) is 1. The Kier molecular flexibility index (Phi) is 4.65. The minimum absolute atomic E-state index is 0.228. The first kappa shape index (κ1) is 14.9. The van der Waals surface area contributed by atoms with E-state index in [4.69, 9.17) is 14.0 Å². The number of hydrogen-bond acceptors (Lipinski definition) is 7. The van der Waals surface area contributed by atoms with Gasteiger partial charge in [-0.05, 0) is 32.5 Å². The third-order valence-corrected chi connectivity index (χ3v) is 3.78. The molecule has 7 nitrogen and oxygen atoms in total. The lowest BCUT2D eigenvalue weighted by molar-refractivity contribution is 0.144. The molecule has 3 heterocycles. The average molecular weight is 304 g/mol. The van der Waals surface area contributed by atoms with Crippen molar-refractivity contribution in [3.8, 4) is 17.3 Å². The van der Waals surface area contributed by atoms with E-state index in [-0.39, 0.29) is 6.04 Å². The topological polar surface area (TPSA) is 73.5 Å². The molecule has 1 aliphatic heterocycles. The van der Waals surface area contributed by atoms with E-state index < -0.39 is 0 Å². The number of nitrogens with zero attached hydrogens (tertiary/aromatic N) is 4. The molecular weight excluding hydrogens is 284 g/mol. The molecule has 2 aromatic rings. The van der Waals surface area contributed by atoms with Crippen LogP contribution in [0.5, 0.6) is 5.88 Å². The van der Waals surface area contributed by atoms with Crippen molar-refractivity contribution in [1.82, 2.24) is 20.0 Å². The zero-order valence-electron chi connectivity index (χ0n) is 12.9. The summed E-state index contributed by atoms with van der Waals surface area (Å²) in [6, 6.07) is 3.90. The predicted molar refractivity (Wildman–Crippen MR) is 79.5 cm³/mol. The quantitative estimate of drug-likeness (QED) is 0.755. The zero-order chi connectivity index (χ0) is 15.4. The van der Waals surface area contributed by atoms with Gasteiger partial charge in [-0.15, -0.1) is 0 Å². The minimum Gasteiger partial charge on any atom is -0.475 e. The Morgan fingerprint density at radius 1 is 1.36 bits per heavy atom. The highest BCUT2D eigenvalue weighted by Crippen LogP contribution is 2.30. The maximum absolute atomic E-state index is 5.43. The van der Waals surface area contributed by atoms with Crippen LogP contribution in [0, 0.1) is 0 Å². The van der Waals surface area contributed by atoms with Crippen molar-refractivity contribution in [2.24, 2.45) is 0 Å². The van der Waals surface area contributed by atoms with E-state index in [9.17, 15) is 0 Å². The van der Waals surface area contributed by atoms with Crippen LogP contribution >= 0.6 is 0 Å². The summed E-state index contributed by atoms with van der Waals surface area (Å²) in [6.45, 7) is 2.08. The van der Waals surface area contributed by atoms with Crippen molar-refractivity contribution in [2.75, 3.05) is 33.9 Å². The molecule has 0 amide bonds. The first-order valence-electron chi connectivity index (χ1n) is 7.40. The van der Waals surface area contributed by atoms with Crippen LogP contribution in [0.2, 0.25) is 0 Å². The molecule has 0 aromatic carbocycles. The van der Waals surface area contributed by atoms with Gasteiger partial charge in [0.05, 0.1) is 12.6 Å². The van der Waals surface area contributed by atoms with Crippen LogP contribution in [0.4, 0.5) is 0 Å². The van der Waals surface area contributed by atoms with E-state index in [1.54, 1.807) is 19.4 Å². The van der Waals surface area contributed by atoms with Crippen LogP contribution in [-0.2, 0) is 4.74 Å². The number of rotatable bonds is 6. The van der Waals surface area contributed by atoms with Gasteiger partial charge in [-0.25, -0.2) is 4.98 Å². The molecule has 3 rings (SSSR count). The Morgan fingerprint density at radius 2 is 2.27 bits per heavy atom. The van der Waals surface area contributed by atoms with Crippen LogP contribution < -0.4 is 4.74 Å². The molecule has 0 bridgehead atoms. The Bertz CT molecular complexity index is 599. The summed E-state index contributed by atoms with van der Waals surface area (Å²) in [5, 5.41) is 4.06. The van der Waals surface area contributed by atoms with E-state index in [1.807, 2.05) is 6.07 Å². The maximum atomic E-state index is 5.43. The summed E-state index contributed by atoms with van der Waals surface area (Å²) < 4.78 is 15.8. The fraction of sp³-hybridized carbons (Fsp3) is 0.533. The summed E-state index contributed by atoms with van der Waals surface area (Å²) in [7, 11) is 3.71. The van der Waals surface area contributed by atoms with Crippen LogP contribution in [0.25, 0.3) is 11.4 Å². The van der Waals surface area contributed by atoms with Gasteiger partial charge in [-0.1, -0.05) is 5.16 Å². The third-order valence-electron chi connectivity index (χ3n) is 3.78. The molecule has 0 saturated carbocycles. The fourth-order valence-corrected chi connectivity index (χ4v) is 2.54. The van der Waals surface area contributed by atoms with Crippen molar-refractivity contribution in [2.45, 2.75) is 18.9 Å². The highest BCUT2D eigenvalue weighted by Gasteiger charge is 2.27. The van der Waals surface area contributed by atoms with Gasteiger partial charge in [0.15, 0.2) is 0 Å². The van der Waals surface area contributed by atoms with Gasteiger partial charge in [0, 0.05) is 24.9 Å². The van der Waals surface area contributed by atoms with Gasteiger partial charge in [0.2, 0.25) is 17.6 Å². The first-order valence-corrected chi connectivity index (χ1v) is 7.40. The molecule has 1 unspecified atom stereocenters. The highest BCUT2D eigenvalue weighted by molar-refractivity contribution is 5.53. The van der Waals surface area contributed by atoms with Gasteiger partial charge in [-0.3, -0.25) is 4.90 Å². The Labute approximate surface area is 129 Å². The molecular formula is C15H20N4O3. The number of aromatic nitrogens is 3. The van der Waals surface area contributed by atoms with Gasteiger partial charge in [0.25, 0.3) is 0 Å². The second-order valence-corrected chi connectivity index (χ2v) is 5.32. The van der Waals surface area contributed by atoms with Crippen LogP contribution in [0.1, 0.15) is 24.8 Å². The number of methoxy groups -OCH3 is 1. The highest BCUT2D eigenvalue weighted by atomic mass is 16.5. The Hall–Kier alpha value is -1.99. The van der Waals surface area contributed by atoms with Crippen molar-refractivity contribution >= 4 is 0 Å². The first-order chi connectivity index (χ1) is 10.8. The smallest absolute Gasteiger partial charge is 0.244 e. The van der Waals surface area contributed by atoms with Gasteiger partial charge in [0.1, 0.15) is 6.61 Å². The molecule has 1 atom stereocenters. The largest absolute Gasteiger partial charge is 0.475 e. The average Bonchev–Trinajstić information content (AvgIpc) is 3.17. The second-order valence-electron chi connectivity index (χ2n) is 5.32. The van der Waals surface area contributed by atoms with Gasteiger partial charge >= 0.3 is 0 Å². The molecule has 0 radical (unpaired) electrons. The van der Waals surface area contributed by atoms with Gasteiger partial charge in [-0.2, -0.15) is 4.98 Å². The Morgan fingerprint density at radius 3 is 2.95 bits per heavy atom. The molecule has 0 N–H and O–H groups in total. The molecule has 7 heteroatoms. The molecule has 0 spiro atoms. The summed E-state index contributed by atoms with van der Waals surface area (Å²) in [6.07, 6.45) is 3.91. The molecule has 2 aromatic heterocycles.